The zero-order chi connectivity index (χ0) is 18.4. The normalized spacial score (nSPS) is 10.0. The number of benzene rings is 2. The molecule has 2 rings (SSSR count). The van der Waals surface area contributed by atoms with Gasteiger partial charge in [0.25, 0.3) is 5.91 Å². The Balaban J connectivity index is 1.92. The first kappa shape index (κ1) is 18.4. The Morgan fingerprint density at radius 1 is 1.12 bits per heavy atom. The second kappa shape index (κ2) is 8.25. The van der Waals surface area contributed by atoms with Crippen molar-refractivity contribution in [3.8, 4) is 0 Å². The van der Waals surface area contributed by atoms with Crippen LogP contribution in [-0.2, 0) is 9.53 Å². The number of methoxy groups -OCH3 is 1. The molecular weight excluding hydrogens is 351 g/mol. The van der Waals surface area contributed by atoms with E-state index in [4.69, 9.17) is 11.6 Å². The number of anilines is 1. The van der Waals surface area contributed by atoms with Crippen molar-refractivity contribution in [1.29, 1.82) is 0 Å². The molecule has 0 atom stereocenters. The van der Waals surface area contributed by atoms with Crippen LogP contribution in [0, 0.1) is 5.82 Å². The van der Waals surface area contributed by atoms with Crippen molar-refractivity contribution >= 4 is 35.1 Å². The molecule has 0 aliphatic rings. The van der Waals surface area contributed by atoms with Crippen molar-refractivity contribution in [2.45, 2.75) is 0 Å². The SMILES string of the molecule is COC(=O)c1ccc(NC(=O)CNC(=O)c2c(F)cccc2Cl)cc1. The van der Waals surface area contributed by atoms with Crippen LogP contribution in [0.3, 0.4) is 0 Å². The lowest BCUT2D eigenvalue weighted by atomic mass is 10.2. The molecule has 0 aliphatic heterocycles. The van der Waals surface area contributed by atoms with E-state index in [0.717, 1.165) is 6.07 Å². The predicted molar refractivity (Wildman–Crippen MR) is 90.2 cm³/mol. The number of esters is 1. The summed E-state index contributed by atoms with van der Waals surface area (Å²) in [7, 11) is 1.27. The van der Waals surface area contributed by atoms with Gasteiger partial charge in [0.05, 0.1) is 29.8 Å². The molecule has 2 aromatic carbocycles. The van der Waals surface area contributed by atoms with Crippen LogP contribution in [0.2, 0.25) is 5.02 Å². The molecule has 2 amide bonds. The van der Waals surface area contributed by atoms with Crippen LogP contribution in [0.1, 0.15) is 20.7 Å². The van der Waals surface area contributed by atoms with Crippen LogP contribution >= 0.6 is 11.6 Å². The van der Waals surface area contributed by atoms with E-state index in [2.05, 4.69) is 15.4 Å². The summed E-state index contributed by atoms with van der Waals surface area (Å²) in [6.45, 7) is -0.373. The van der Waals surface area contributed by atoms with Gasteiger partial charge in [0.15, 0.2) is 0 Å². The first-order valence-electron chi connectivity index (χ1n) is 7.13. The molecule has 130 valence electrons. The predicted octanol–water partition coefficient (Wildman–Crippen LogP) is 2.63. The van der Waals surface area contributed by atoms with Gasteiger partial charge < -0.3 is 15.4 Å². The van der Waals surface area contributed by atoms with Gasteiger partial charge in [-0.1, -0.05) is 17.7 Å². The highest BCUT2D eigenvalue weighted by atomic mass is 35.5. The quantitative estimate of drug-likeness (QED) is 0.799. The lowest BCUT2D eigenvalue weighted by molar-refractivity contribution is -0.115. The number of halogens is 2. The molecule has 0 heterocycles. The van der Waals surface area contributed by atoms with Crippen molar-refractivity contribution in [3.05, 3.63) is 64.4 Å². The fraction of sp³-hybridized carbons (Fsp3) is 0.118. The van der Waals surface area contributed by atoms with E-state index >= 15 is 0 Å². The number of hydrogen-bond acceptors (Lipinski definition) is 4. The molecule has 0 saturated carbocycles. The zero-order valence-corrected chi connectivity index (χ0v) is 13.9. The molecule has 0 saturated heterocycles. The monoisotopic (exact) mass is 364 g/mol. The third kappa shape index (κ3) is 4.77. The Morgan fingerprint density at radius 2 is 1.80 bits per heavy atom. The molecule has 0 aliphatic carbocycles. The lowest BCUT2D eigenvalue weighted by Crippen LogP contribution is -2.33. The van der Waals surface area contributed by atoms with Gasteiger partial charge in [0.1, 0.15) is 5.82 Å². The van der Waals surface area contributed by atoms with E-state index < -0.39 is 23.6 Å². The fourth-order valence-corrected chi connectivity index (χ4v) is 2.23. The van der Waals surface area contributed by atoms with Crippen molar-refractivity contribution in [1.82, 2.24) is 5.32 Å². The third-order valence-electron chi connectivity index (χ3n) is 3.19. The minimum Gasteiger partial charge on any atom is -0.465 e. The van der Waals surface area contributed by atoms with Gasteiger partial charge in [-0.25, -0.2) is 9.18 Å². The van der Waals surface area contributed by atoms with E-state index in [1.54, 1.807) is 0 Å². The van der Waals surface area contributed by atoms with E-state index in [0.29, 0.717) is 11.3 Å². The Hall–Kier alpha value is -2.93. The third-order valence-corrected chi connectivity index (χ3v) is 3.50. The molecule has 8 heteroatoms. The second-order valence-corrected chi connectivity index (χ2v) is 5.30. The minimum absolute atomic E-state index is 0.0451. The average molecular weight is 365 g/mol. The van der Waals surface area contributed by atoms with Gasteiger partial charge >= 0.3 is 5.97 Å². The molecule has 0 spiro atoms. The average Bonchev–Trinajstić information content (AvgIpc) is 2.60. The molecule has 0 unspecified atom stereocenters. The fourth-order valence-electron chi connectivity index (χ4n) is 1.98. The van der Waals surface area contributed by atoms with E-state index in [1.165, 1.54) is 43.5 Å². The summed E-state index contributed by atoms with van der Waals surface area (Å²) in [6.07, 6.45) is 0. The van der Waals surface area contributed by atoms with E-state index in [9.17, 15) is 18.8 Å². The number of hydrogen-bond donors (Lipinski definition) is 2. The van der Waals surface area contributed by atoms with Gasteiger partial charge in [0.2, 0.25) is 5.91 Å². The van der Waals surface area contributed by atoms with Crippen LogP contribution in [0.5, 0.6) is 0 Å². The molecule has 0 bridgehead atoms. The summed E-state index contributed by atoms with van der Waals surface area (Å²) in [5.41, 5.74) is 0.443. The summed E-state index contributed by atoms with van der Waals surface area (Å²) in [4.78, 5) is 35.1. The topological polar surface area (TPSA) is 84.5 Å². The highest BCUT2D eigenvalue weighted by molar-refractivity contribution is 6.33. The minimum atomic E-state index is -0.792. The standard InChI is InChI=1S/C17H14ClFN2O4/c1-25-17(24)10-5-7-11(8-6-10)21-14(22)9-20-16(23)15-12(18)3-2-4-13(15)19/h2-8H,9H2,1H3,(H,20,23)(H,21,22). The molecule has 6 nitrogen and oxygen atoms in total. The smallest absolute Gasteiger partial charge is 0.337 e. The maximum absolute atomic E-state index is 13.6. The van der Waals surface area contributed by atoms with Gasteiger partial charge in [0, 0.05) is 5.69 Å². The molecular formula is C17H14ClFN2O4. The van der Waals surface area contributed by atoms with Crippen LogP contribution in [0.4, 0.5) is 10.1 Å². The molecule has 0 aromatic heterocycles. The summed E-state index contributed by atoms with van der Waals surface area (Å²) in [5.74, 6) is -2.58. The largest absolute Gasteiger partial charge is 0.465 e. The Bertz CT molecular complexity index is 789. The van der Waals surface area contributed by atoms with Gasteiger partial charge in [-0.05, 0) is 36.4 Å². The number of amides is 2. The highest BCUT2D eigenvalue weighted by Crippen LogP contribution is 2.18. The Labute approximate surface area is 147 Å². The number of ether oxygens (including phenoxy) is 1. The molecule has 2 N–H and O–H groups in total. The molecule has 2 aromatic rings. The van der Waals surface area contributed by atoms with Crippen LogP contribution in [-0.4, -0.2) is 31.4 Å². The summed E-state index contributed by atoms with van der Waals surface area (Å²) < 4.78 is 18.2. The first-order chi connectivity index (χ1) is 11.9. The van der Waals surface area contributed by atoms with Crippen molar-refractivity contribution in [3.63, 3.8) is 0 Å². The maximum Gasteiger partial charge on any atom is 0.337 e. The van der Waals surface area contributed by atoms with E-state index in [1.807, 2.05) is 0 Å². The Kier molecular flexibility index (Phi) is 6.08. The number of rotatable bonds is 5. The Morgan fingerprint density at radius 3 is 2.40 bits per heavy atom. The summed E-state index contributed by atoms with van der Waals surface area (Å²) >= 11 is 5.78. The van der Waals surface area contributed by atoms with Crippen molar-refractivity contribution in [2.75, 3.05) is 19.0 Å². The zero-order valence-electron chi connectivity index (χ0n) is 13.1. The lowest BCUT2D eigenvalue weighted by Gasteiger charge is -2.09. The van der Waals surface area contributed by atoms with Gasteiger partial charge in [-0.3, -0.25) is 9.59 Å². The van der Waals surface area contributed by atoms with E-state index in [-0.39, 0.29) is 17.1 Å². The second-order valence-electron chi connectivity index (χ2n) is 4.90. The summed E-state index contributed by atoms with van der Waals surface area (Å²) in [5, 5.41) is 4.77. The number of nitrogens with one attached hydrogen (secondary N) is 2. The molecule has 25 heavy (non-hydrogen) atoms. The molecule has 0 radical (unpaired) electrons. The van der Waals surface area contributed by atoms with Crippen molar-refractivity contribution in [2.24, 2.45) is 0 Å². The summed E-state index contributed by atoms with van der Waals surface area (Å²) in [6, 6.07) is 9.85. The first-order valence-corrected chi connectivity index (χ1v) is 7.50. The van der Waals surface area contributed by atoms with Gasteiger partial charge in [-0.2, -0.15) is 0 Å². The van der Waals surface area contributed by atoms with Crippen LogP contribution < -0.4 is 10.6 Å². The number of carbonyl (C=O) groups excluding carboxylic acids is 3. The molecule has 0 fully saturated rings. The van der Waals surface area contributed by atoms with Crippen LogP contribution in [0.15, 0.2) is 42.5 Å². The number of carbonyl (C=O) groups is 3. The maximum atomic E-state index is 13.6. The highest BCUT2D eigenvalue weighted by Gasteiger charge is 2.16. The van der Waals surface area contributed by atoms with Crippen molar-refractivity contribution < 1.29 is 23.5 Å². The van der Waals surface area contributed by atoms with Crippen LogP contribution in [0.25, 0.3) is 0 Å². The van der Waals surface area contributed by atoms with Gasteiger partial charge in [-0.15, -0.1) is 0 Å².